The van der Waals surface area contributed by atoms with Crippen LogP contribution in [0.2, 0.25) is 0 Å². The van der Waals surface area contributed by atoms with Gasteiger partial charge < -0.3 is 10.6 Å². The Kier molecular flexibility index (Phi) is 3.72. The van der Waals surface area contributed by atoms with Crippen LogP contribution in [0.3, 0.4) is 0 Å². The molecule has 2 rings (SSSR count). The van der Waals surface area contributed by atoms with E-state index < -0.39 is 0 Å². The molecular formula is C12H20N4. The quantitative estimate of drug-likeness (QED) is 0.842. The van der Waals surface area contributed by atoms with Gasteiger partial charge in [-0.3, -0.25) is 4.98 Å². The van der Waals surface area contributed by atoms with Crippen LogP contribution in [0.4, 0.5) is 5.82 Å². The van der Waals surface area contributed by atoms with Crippen molar-refractivity contribution >= 4 is 5.82 Å². The lowest BCUT2D eigenvalue weighted by atomic mass is 10.0. The van der Waals surface area contributed by atoms with Gasteiger partial charge in [0.05, 0.1) is 18.1 Å². The standard InChI is InChI=1S/C12H20N4/c1-2-11-5-3-4-6-16(11)12-9-14-10(7-13)8-15-12/h8-9,11H,2-7,13H2,1H3. The van der Waals surface area contributed by atoms with Crippen molar-refractivity contribution in [2.75, 3.05) is 11.4 Å². The first-order chi connectivity index (χ1) is 7.85. The minimum atomic E-state index is 0.463. The lowest BCUT2D eigenvalue weighted by Gasteiger charge is -2.35. The van der Waals surface area contributed by atoms with Crippen LogP contribution in [0.5, 0.6) is 0 Å². The van der Waals surface area contributed by atoms with Gasteiger partial charge in [0.1, 0.15) is 5.82 Å². The van der Waals surface area contributed by atoms with Crippen LogP contribution in [0.15, 0.2) is 12.4 Å². The van der Waals surface area contributed by atoms with E-state index in [2.05, 4.69) is 21.8 Å². The maximum atomic E-state index is 5.52. The highest BCUT2D eigenvalue weighted by Gasteiger charge is 2.21. The van der Waals surface area contributed by atoms with Crippen molar-refractivity contribution in [3.8, 4) is 0 Å². The van der Waals surface area contributed by atoms with Gasteiger partial charge in [0, 0.05) is 19.1 Å². The third kappa shape index (κ3) is 2.32. The molecule has 1 fully saturated rings. The average Bonchev–Trinajstić information content (AvgIpc) is 2.39. The number of nitrogens with two attached hydrogens (primary N) is 1. The summed E-state index contributed by atoms with van der Waals surface area (Å²) in [6.45, 7) is 3.81. The number of aromatic nitrogens is 2. The second-order valence-corrected chi connectivity index (χ2v) is 4.32. The summed E-state index contributed by atoms with van der Waals surface area (Å²) in [5, 5.41) is 0. The summed E-state index contributed by atoms with van der Waals surface area (Å²) in [5.41, 5.74) is 6.37. The summed E-state index contributed by atoms with van der Waals surface area (Å²) < 4.78 is 0. The fourth-order valence-corrected chi connectivity index (χ4v) is 2.33. The first-order valence-electron chi connectivity index (χ1n) is 6.12. The van der Waals surface area contributed by atoms with E-state index in [1.807, 2.05) is 6.20 Å². The van der Waals surface area contributed by atoms with Crippen LogP contribution in [-0.2, 0) is 6.54 Å². The molecule has 0 aromatic carbocycles. The SMILES string of the molecule is CCC1CCCCN1c1cnc(CN)cn1. The predicted molar refractivity (Wildman–Crippen MR) is 65.2 cm³/mol. The Hall–Kier alpha value is -1.16. The predicted octanol–water partition coefficient (Wildman–Crippen LogP) is 1.70. The molecule has 1 saturated heterocycles. The monoisotopic (exact) mass is 220 g/mol. The van der Waals surface area contributed by atoms with E-state index in [0.717, 1.165) is 18.1 Å². The van der Waals surface area contributed by atoms with Crippen molar-refractivity contribution in [2.45, 2.75) is 45.2 Å². The lowest BCUT2D eigenvalue weighted by molar-refractivity contribution is 0.446. The normalized spacial score (nSPS) is 21.1. The molecule has 0 saturated carbocycles. The molecule has 1 aliphatic rings. The Bertz CT molecular complexity index is 322. The van der Waals surface area contributed by atoms with Crippen LogP contribution in [-0.4, -0.2) is 22.6 Å². The highest BCUT2D eigenvalue weighted by molar-refractivity contribution is 5.37. The summed E-state index contributed by atoms with van der Waals surface area (Å²) in [6, 6.07) is 0.631. The van der Waals surface area contributed by atoms with Crippen molar-refractivity contribution in [3.63, 3.8) is 0 Å². The summed E-state index contributed by atoms with van der Waals surface area (Å²) in [7, 11) is 0. The van der Waals surface area contributed by atoms with Gasteiger partial charge >= 0.3 is 0 Å². The summed E-state index contributed by atoms with van der Waals surface area (Å²) in [5.74, 6) is 1.00. The van der Waals surface area contributed by atoms with Crippen molar-refractivity contribution < 1.29 is 0 Å². The Morgan fingerprint density at radius 2 is 2.25 bits per heavy atom. The van der Waals surface area contributed by atoms with Gasteiger partial charge in [0.15, 0.2) is 0 Å². The molecule has 0 bridgehead atoms. The Labute approximate surface area is 96.9 Å². The van der Waals surface area contributed by atoms with E-state index in [4.69, 9.17) is 5.73 Å². The fourth-order valence-electron chi connectivity index (χ4n) is 2.33. The summed E-state index contributed by atoms with van der Waals surface area (Å²) in [6.07, 6.45) is 8.70. The molecule has 0 spiro atoms. The third-order valence-corrected chi connectivity index (χ3v) is 3.29. The third-order valence-electron chi connectivity index (χ3n) is 3.29. The summed E-state index contributed by atoms with van der Waals surface area (Å²) in [4.78, 5) is 11.2. The molecule has 0 aliphatic carbocycles. The molecule has 0 amide bonds. The van der Waals surface area contributed by atoms with E-state index in [1.54, 1.807) is 6.20 Å². The van der Waals surface area contributed by atoms with Crippen molar-refractivity contribution in [1.82, 2.24) is 9.97 Å². The van der Waals surface area contributed by atoms with Crippen molar-refractivity contribution in [2.24, 2.45) is 5.73 Å². The van der Waals surface area contributed by atoms with Gasteiger partial charge in [-0.15, -0.1) is 0 Å². The molecule has 1 aliphatic heterocycles. The smallest absolute Gasteiger partial charge is 0.147 e. The highest BCUT2D eigenvalue weighted by Crippen LogP contribution is 2.24. The summed E-state index contributed by atoms with van der Waals surface area (Å²) >= 11 is 0. The lowest BCUT2D eigenvalue weighted by Crippen LogP contribution is -2.39. The number of nitrogens with zero attached hydrogens (tertiary/aromatic N) is 3. The molecule has 1 unspecified atom stereocenters. The van der Waals surface area contributed by atoms with Crippen LogP contribution in [0.1, 0.15) is 38.3 Å². The minimum absolute atomic E-state index is 0.463. The fraction of sp³-hybridized carbons (Fsp3) is 0.667. The van der Waals surface area contributed by atoms with Crippen molar-refractivity contribution in [3.05, 3.63) is 18.1 Å². The average molecular weight is 220 g/mol. The van der Waals surface area contributed by atoms with Crippen LogP contribution in [0, 0.1) is 0 Å². The number of piperidine rings is 1. The Morgan fingerprint density at radius 1 is 1.38 bits per heavy atom. The second kappa shape index (κ2) is 5.25. The Morgan fingerprint density at radius 3 is 2.88 bits per heavy atom. The molecule has 1 atom stereocenters. The molecule has 2 N–H and O–H groups in total. The maximum Gasteiger partial charge on any atom is 0.147 e. The zero-order valence-corrected chi connectivity index (χ0v) is 9.89. The van der Waals surface area contributed by atoms with E-state index in [0.29, 0.717) is 12.6 Å². The number of rotatable bonds is 3. The van der Waals surface area contributed by atoms with E-state index in [1.165, 1.54) is 25.7 Å². The Balaban J connectivity index is 2.14. The molecule has 16 heavy (non-hydrogen) atoms. The highest BCUT2D eigenvalue weighted by atomic mass is 15.2. The largest absolute Gasteiger partial charge is 0.352 e. The van der Waals surface area contributed by atoms with Gasteiger partial charge in [0.25, 0.3) is 0 Å². The van der Waals surface area contributed by atoms with Gasteiger partial charge in [-0.1, -0.05) is 6.92 Å². The number of hydrogen-bond donors (Lipinski definition) is 1. The first-order valence-corrected chi connectivity index (χ1v) is 6.12. The number of anilines is 1. The first kappa shape index (κ1) is 11.3. The molecule has 4 nitrogen and oxygen atoms in total. The molecular weight excluding hydrogens is 200 g/mol. The van der Waals surface area contributed by atoms with Gasteiger partial charge in [-0.05, 0) is 25.7 Å². The molecule has 1 aromatic heterocycles. The van der Waals surface area contributed by atoms with Crippen LogP contribution in [0.25, 0.3) is 0 Å². The maximum absolute atomic E-state index is 5.52. The van der Waals surface area contributed by atoms with E-state index in [-0.39, 0.29) is 0 Å². The van der Waals surface area contributed by atoms with Gasteiger partial charge in [-0.2, -0.15) is 0 Å². The van der Waals surface area contributed by atoms with Crippen LogP contribution < -0.4 is 10.6 Å². The zero-order chi connectivity index (χ0) is 11.4. The minimum Gasteiger partial charge on any atom is -0.352 e. The molecule has 4 heteroatoms. The van der Waals surface area contributed by atoms with E-state index in [9.17, 15) is 0 Å². The molecule has 88 valence electrons. The zero-order valence-electron chi connectivity index (χ0n) is 9.89. The van der Waals surface area contributed by atoms with Gasteiger partial charge in [0.2, 0.25) is 0 Å². The topological polar surface area (TPSA) is 55.0 Å². The molecule has 2 heterocycles. The molecule has 0 radical (unpaired) electrons. The van der Waals surface area contributed by atoms with Crippen molar-refractivity contribution in [1.29, 1.82) is 0 Å². The second-order valence-electron chi connectivity index (χ2n) is 4.32. The van der Waals surface area contributed by atoms with Crippen LogP contribution >= 0.6 is 0 Å². The molecule has 1 aromatic rings. The van der Waals surface area contributed by atoms with E-state index >= 15 is 0 Å². The van der Waals surface area contributed by atoms with Gasteiger partial charge in [-0.25, -0.2) is 4.98 Å². The number of hydrogen-bond acceptors (Lipinski definition) is 4.